The first kappa shape index (κ1) is 8.90. The largest absolute Gasteiger partial charge is 0.476 e. The Morgan fingerprint density at radius 1 is 1.58 bits per heavy atom. The van der Waals surface area contributed by atoms with Crippen molar-refractivity contribution in [1.82, 2.24) is 0 Å². The minimum atomic E-state index is -1.01. The molecule has 0 saturated heterocycles. The second kappa shape index (κ2) is 2.69. The number of rotatable bonds is 1. The molecule has 0 saturated carbocycles. The second-order valence-electron chi connectivity index (χ2n) is 3.88. The lowest BCUT2D eigenvalue weighted by atomic mass is 9.87. The van der Waals surface area contributed by atoms with Crippen LogP contribution >= 0.6 is 0 Å². The van der Waals surface area contributed by atoms with E-state index in [0.717, 1.165) is 0 Å². The van der Waals surface area contributed by atoms with E-state index in [1.54, 1.807) is 6.08 Å². The molecule has 0 aromatic carbocycles. The molecule has 0 radical (unpaired) electrons. The number of hydrogen-bond acceptors (Lipinski definition) is 3. The topological polar surface area (TPSA) is 62.0 Å². The third kappa shape index (κ3) is 1.69. The zero-order valence-corrected chi connectivity index (χ0v) is 7.40. The average molecular weight is 168 g/mol. The van der Waals surface area contributed by atoms with E-state index in [2.05, 4.69) is 10.2 Å². The molecule has 0 unspecified atom stereocenters. The van der Waals surface area contributed by atoms with Gasteiger partial charge in [-0.15, -0.1) is 5.11 Å². The standard InChI is InChI=1S/C8H12N2O2/c1-8(2,3)6-4-5(7(11)12)9-10-6/h4,6H,1-3H3,(H,11,12)/t6-/m1/s1. The van der Waals surface area contributed by atoms with Gasteiger partial charge in [-0.1, -0.05) is 20.8 Å². The minimum absolute atomic E-state index is 0.0509. The van der Waals surface area contributed by atoms with Crippen LogP contribution in [0.25, 0.3) is 0 Å². The molecule has 66 valence electrons. The van der Waals surface area contributed by atoms with E-state index in [1.807, 2.05) is 20.8 Å². The molecule has 12 heavy (non-hydrogen) atoms. The number of hydrogen-bond donors (Lipinski definition) is 1. The van der Waals surface area contributed by atoms with Gasteiger partial charge in [0.15, 0.2) is 5.70 Å². The van der Waals surface area contributed by atoms with Gasteiger partial charge in [-0.3, -0.25) is 0 Å². The van der Waals surface area contributed by atoms with Crippen LogP contribution < -0.4 is 0 Å². The van der Waals surface area contributed by atoms with Gasteiger partial charge in [0.1, 0.15) is 0 Å². The minimum Gasteiger partial charge on any atom is -0.476 e. The molecule has 1 N–H and O–H groups in total. The van der Waals surface area contributed by atoms with Crippen LogP contribution in [0.5, 0.6) is 0 Å². The maximum Gasteiger partial charge on any atom is 0.356 e. The van der Waals surface area contributed by atoms with Crippen LogP contribution in [0.2, 0.25) is 0 Å². The van der Waals surface area contributed by atoms with E-state index in [0.29, 0.717) is 0 Å². The second-order valence-corrected chi connectivity index (χ2v) is 3.88. The molecule has 0 amide bonds. The molecule has 0 aromatic heterocycles. The Morgan fingerprint density at radius 2 is 2.17 bits per heavy atom. The smallest absolute Gasteiger partial charge is 0.356 e. The molecule has 4 nitrogen and oxygen atoms in total. The van der Waals surface area contributed by atoms with Gasteiger partial charge in [0.25, 0.3) is 0 Å². The summed E-state index contributed by atoms with van der Waals surface area (Å²) in [5.74, 6) is -1.01. The number of aliphatic carboxylic acids is 1. The van der Waals surface area contributed by atoms with E-state index >= 15 is 0 Å². The third-order valence-electron chi connectivity index (χ3n) is 1.71. The van der Waals surface area contributed by atoms with Gasteiger partial charge in [0.05, 0.1) is 6.04 Å². The zero-order chi connectivity index (χ0) is 9.35. The molecule has 1 aliphatic heterocycles. The first-order chi connectivity index (χ1) is 5.41. The van der Waals surface area contributed by atoms with Gasteiger partial charge < -0.3 is 5.11 Å². The molecule has 4 heteroatoms. The monoisotopic (exact) mass is 168 g/mol. The van der Waals surface area contributed by atoms with Crippen LogP contribution in [0.3, 0.4) is 0 Å². The van der Waals surface area contributed by atoms with Gasteiger partial charge in [0.2, 0.25) is 0 Å². The summed E-state index contributed by atoms with van der Waals surface area (Å²) >= 11 is 0. The Kier molecular flexibility index (Phi) is 2.00. The predicted octanol–water partition coefficient (Wildman–Crippen LogP) is 1.84. The highest BCUT2D eigenvalue weighted by atomic mass is 16.4. The highest BCUT2D eigenvalue weighted by Crippen LogP contribution is 2.28. The van der Waals surface area contributed by atoms with Gasteiger partial charge in [-0.05, 0) is 11.5 Å². The highest BCUT2D eigenvalue weighted by Gasteiger charge is 2.28. The fraction of sp³-hybridized carbons (Fsp3) is 0.625. The molecule has 0 aliphatic carbocycles. The number of carbonyl (C=O) groups is 1. The lowest BCUT2D eigenvalue weighted by Crippen LogP contribution is -2.20. The van der Waals surface area contributed by atoms with Crippen molar-refractivity contribution < 1.29 is 9.90 Å². The quantitative estimate of drug-likeness (QED) is 0.649. The van der Waals surface area contributed by atoms with E-state index < -0.39 is 5.97 Å². The first-order valence-corrected chi connectivity index (χ1v) is 3.77. The molecule has 1 aliphatic rings. The summed E-state index contributed by atoms with van der Waals surface area (Å²) < 4.78 is 0. The number of carboxylic acids is 1. The molecule has 1 rings (SSSR count). The molecular weight excluding hydrogens is 156 g/mol. The molecule has 0 aromatic rings. The number of azo groups is 1. The molecular formula is C8H12N2O2. The van der Waals surface area contributed by atoms with Gasteiger partial charge in [0, 0.05) is 0 Å². The van der Waals surface area contributed by atoms with Gasteiger partial charge in [-0.2, -0.15) is 5.11 Å². The summed E-state index contributed by atoms with van der Waals surface area (Å²) in [6, 6.07) is -0.108. The molecule has 1 heterocycles. The first-order valence-electron chi connectivity index (χ1n) is 3.77. The molecule has 0 fully saturated rings. The molecule has 0 spiro atoms. The summed E-state index contributed by atoms with van der Waals surface area (Å²) in [5, 5.41) is 16.0. The van der Waals surface area contributed by atoms with E-state index in [9.17, 15) is 4.79 Å². The van der Waals surface area contributed by atoms with Crippen molar-refractivity contribution in [1.29, 1.82) is 0 Å². The van der Waals surface area contributed by atoms with E-state index in [1.165, 1.54) is 0 Å². The van der Waals surface area contributed by atoms with Crippen LogP contribution in [-0.4, -0.2) is 17.1 Å². The normalized spacial score (nSPS) is 22.6. The Morgan fingerprint density at radius 3 is 2.42 bits per heavy atom. The molecule has 1 atom stereocenters. The lowest BCUT2D eigenvalue weighted by Gasteiger charge is -2.20. The Balaban J connectivity index is 2.80. The van der Waals surface area contributed by atoms with Crippen LogP contribution in [0.15, 0.2) is 22.0 Å². The van der Waals surface area contributed by atoms with Crippen LogP contribution in [0, 0.1) is 5.41 Å². The fourth-order valence-corrected chi connectivity index (χ4v) is 0.878. The summed E-state index contributed by atoms with van der Waals surface area (Å²) in [5.41, 5.74) is -0.00400. The number of nitrogens with zero attached hydrogens (tertiary/aromatic N) is 2. The van der Waals surface area contributed by atoms with Crippen molar-refractivity contribution >= 4 is 5.97 Å². The maximum absolute atomic E-state index is 10.5. The molecule has 0 bridgehead atoms. The summed E-state index contributed by atoms with van der Waals surface area (Å²) in [4.78, 5) is 10.5. The van der Waals surface area contributed by atoms with Gasteiger partial charge in [-0.25, -0.2) is 4.79 Å². The average Bonchev–Trinajstić information content (AvgIpc) is 2.30. The van der Waals surface area contributed by atoms with Crippen molar-refractivity contribution in [2.24, 2.45) is 15.6 Å². The van der Waals surface area contributed by atoms with E-state index in [4.69, 9.17) is 5.11 Å². The Labute approximate surface area is 71.0 Å². The zero-order valence-electron chi connectivity index (χ0n) is 7.40. The van der Waals surface area contributed by atoms with Crippen molar-refractivity contribution in [3.63, 3.8) is 0 Å². The van der Waals surface area contributed by atoms with Crippen LogP contribution in [0.4, 0.5) is 0 Å². The lowest BCUT2D eigenvalue weighted by molar-refractivity contribution is -0.132. The Hall–Kier alpha value is -1.19. The summed E-state index contributed by atoms with van der Waals surface area (Å²) in [7, 11) is 0. The highest BCUT2D eigenvalue weighted by molar-refractivity contribution is 5.86. The predicted molar refractivity (Wildman–Crippen MR) is 43.8 cm³/mol. The number of carboxylic acid groups (broad SMARTS) is 1. The fourth-order valence-electron chi connectivity index (χ4n) is 0.878. The van der Waals surface area contributed by atoms with Crippen molar-refractivity contribution in [3.8, 4) is 0 Å². The third-order valence-corrected chi connectivity index (χ3v) is 1.71. The van der Waals surface area contributed by atoms with Crippen LogP contribution in [-0.2, 0) is 4.79 Å². The van der Waals surface area contributed by atoms with Crippen molar-refractivity contribution in [2.45, 2.75) is 26.8 Å². The van der Waals surface area contributed by atoms with Crippen molar-refractivity contribution in [2.75, 3.05) is 0 Å². The van der Waals surface area contributed by atoms with E-state index in [-0.39, 0.29) is 17.2 Å². The van der Waals surface area contributed by atoms with Crippen molar-refractivity contribution in [3.05, 3.63) is 11.8 Å². The SMILES string of the molecule is CC(C)(C)[C@H]1C=C(C(=O)O)N=N1. The van der Waals surface area contributed by atoms with Gasteiger partial charge >= 0.3 is 5.97 Å². The maximum atomic E-state index is 10.5. The Bertz CT molecular complexity index is 261. The summed E-state index contributed by atoms with van der Waals surface area (Å²) in [6.45, 7) is 5.99. The van der Waals surface area contributed by atoms with Crippen LogP contribution in [0.1, 0.15) is 20.8 Å². The summed E-state index contributed by atoms with van der Waals surface area (Å²) in [6.07, 6.45) is 1.59.